The Bertz CT molecular complexity index is 1010. The van der Waals surface area contributed by atoms with E-state index in [1.165, 1.54) is 25.1 Å². The molecule has 0 aliphatic carbocycles. The van der Waals surface area contributed by atoms with Crippen molar-refractivity contribution < 1.29 is 32.2 Å². The van der Waals surface area contributed by atoms with Crippen LogP contribution < -0.4 is 14.8 Å². The zero-order valence-corrected chi connectivity index (χ0v) is 18.0. The molecule has 170 valence electrons. The number of ether oxygens (including phenoxy) is 2. The highest BCUT2D eigenvalue weighted by Gasteiger charge is 2.53. The summed E-state index contributed by atoms with van der Waals surface area (Å²) in [6.07, 6.45) is 1.20. The van der Waals surface area contributed by atoms with Crippen molar-refractivity contribution in [3.8, 4) is 23.8 Å². The van der Waals surface area contributed by atoms with E-state index in [2.05, 4.69) is 16.2 Å². The average molecular weight is 467 g/mol. The minimum Gasteiger partial charge on any atom is -0.497 e. The quantitative estimate of drug-likeness (QED) is 0.661. The number of thiazole rings is 1. The van der Waals surface area contributed by atoms with Gasteiger partial charge in [0.15, 0.2) is 5.54 Å². The van der Waals surface area contributed by atoms with Gasteiger partial charge in [0.2, 0.25) is 0 Å². The molecule has 3 rings (SSSR count). The molecule has 0 radical (unpaired) electrons. The van der Waals surface area contributed by atoms with Crippen LogP contribution in [0.5, 0.6) is 11.5 Å². The van der Waals surface area contributed by atoms with Crippen molar-refractivity contribution in [1.29, 1.82) is 0 Å². The molecule has 2 amide bonds. The zero-order chi connectivity index (χ0) is 23.5. The van der Waals surface area contributed by atoms with Gasteiger partial charge in [-0.15, -0.1) is 17.8 Å². The lowest BCUT2D eigenvalue weighted by Crippen LogP contribution is -2.66. The number of piperidine rings is 1. The predicted molar refractivity (Wildman–Crippen MR) is 111 cm³/mol. The molecule has 1 fully saturated rings. The van der Waals surface area contributed by atoms with Crippen molar-refractivity contribution in [3.63, 3.8) is 0 Å². The summed E-state index contributed by atoms with van der Waals surface area (Å²) in [5, 5.41) is 3.95. The summed E-state index contributed by atoms with van der Waals surface area (Å²) < 4.78 is 49.8. The van der Waals surface area contributed by atoms with Crippen LogP contribution in [0.2, 0.25) is 0 Å². The Hall–Kier alpha value is -3.26. The summed E-state index contributed by atoms with van der Waals surface area (Å²) in [6.45, 7) is -1.67. The lowest BCUT2D eigenvalue weighted by Gasteiger charge is -2.44. The predicted octanol–water partition coefficient (Wildman–Crippen LogP) is 2.84. The summed E-state index contributed by atoms with van der Waals surface area (Å²) in [6, 6.07) is 4.83. The highest BCUT2D eigenvalue weighted by Crippen LogP contribution is 2.40. The van der Waals surface area contributed by atoms with Crippen LogP contribution in [0.3, 0.4) is 0 Å². The number of terminal acetylenes is 1. The number of likely N-dealkylation sites (tertiary alicyclic amines) is 1. The van der Waals surface area contributed by atoms with Gasteiger partial charge in [0, 0.05) is 23.9 Å². The first-order valence-corrected chi connectivity index (χ1v) is 10.4. The lowest BCUT2D eigenvalue weighted by atomic mass is 9.73. The second kappa shape index (κ2) is 9.08. The van der Waals surface area contributed by atoms with E-state index in [1.54, 1.807) is 18.2 Å². The summed E-state index contributed by atoms with van der Waals surface area (Å²) >= 11 is 1.15. The number of nitrogens with zero attached hydrogens (tertiary/aromatic N) is 2. The van der Waals surface area contributed by atoms with Gasteiger partial charge < -0.3 is 19.7 Å². The van der Waals surface area contributed by atoms with E-state index in [-0.39, 0.29) is 18.7 Å². The molecule has 2 heterocycles. The molecule has 1 aromatic carbocycles. The van der Waals surface area contributed by atoms with Crippen LogP contribution in [0.25, 0.3) is 0 Å². The number of nitrogens with one attached hydrogen (secondary N) is 1. The lowest BCUT2D eigenvalue weighted by molar-refractivity contribution is -0.167. The van der Waals surface area contributed by atoms with Gasteiger partial charge in [-0.25, -0.2) is 4.98 Å². The molecule has 2 aromatic rings. The Kier molecular flexibility index (Phi) is 6.64. The Morgan fingerprint density at radius 2 is 2.00 bits per heavy atom. The Balaban J connectivity index is 2.10. The van der Waals surface area contributed by atoms with E-state index in [1.807, 2.05) is 0 Å². The number of aromatic nitrogens is 1. The molecule has 1 aliphatic heterocycles. The van der Waals surface area contributed by atoms with Crippen molar-refractivity contribution in [2.24, 2.45) is 0 Å². The fourth-order valence-corrected chi connectivity index (χ4v) is 4.25. The number of amides is 2. The highest BCUT2D eigenvalue weighted by atomic mass is 32.1. The molecule has 2 atom stereocenters. The molecule has 0 spiro atoms. The van der Waals surface area contributed by atoms with E-state index in [4.69, 9.17) is 15.9 Å². The largest absolute Gasteiger partial charge is 0.497 e. The molecule has 0 unspecified atom stereocenters. The summed E-state index contributed by atoms with van der Waals surface area (Å²) in [4.78, 5) is 30.7. The Labute approximate surface area is 186 Å². The maximum atomic E-state index is 13.3. The number of carbonyl (C=O) groups is 2. The molecular formula is C21H20F3N3O4S. The van der Waals surface area contributed by atoms with Crippen molar-refractivity contribution in [1.82, 2.24) is 15.2 Å². The molecule has 7 nitrogen and oxygen atoms in total. The third kappa shape index (κ3) is 4.65. The van der Waals surface area contributed by atoms with E-state index >= 15 is 0 Å². The Morgan fingerprint density at radius 3 is 2.50 bits per heavy atom. The maximum absolute atomic E-state index is 13.3. The van der Waals surface area contributed by atoms with Crippen LogP contribution in [0, 0.1) is 12.3 Å². The zero-order valence-electron chi connectivity index (χ0n) is 17.2. The minimum atomic E-state index is -4.62. The van der Waals surface area contributed by atoms with Gasteiger partial charge >= 0.3 is 6.18 Å². The van der Waals surface area contributed by atoms with Crippen molar-refractivity contribution in [3.05, 3.63) is 40.3 Å². The van der Waals surface area contributed by atoms with Gasteiger partial charge in [-0.05, 0) is 24.1 Å². The van der Waals surface area contributed by atoms with Crippen LogP contribution in [0.1, 0.15) is 28.4 Å². The normalized spacial score (nSPS) is 21.1. The third-order valence-corrected chi connectivity index (χ3v) is 5.77. The molecule has 1 saturated heterocycles. The number of rotatable bonds is 6. The second-order valence-electron chi connectivity index (χ2n) is 7.11. The monoisotopic (exact) mass is 467 g/mol. The number of hydrogen-bond donors (Lipinski definition) is 1. The summed E-state index contributed by atoms with van der Waals surface area (Å²) in [7, 11) is 2.88. The smallest absolute Gasteiger partial charge is 0.406 e. The fourth-order valence-electron chi connectivity index (χ4n) is 3.72. The van der Waals surface area contributed by atoms with Crippen LogP contribution in [-0.4, -0.2) is 60.7 Å². The molecular weight excluding hydrogens is 447 g/mol. The minimum absolute atomic E-state index is 0.00680. The van der Waals surface area contributed by atoms with Crippen molar-refractivity contribution in [2.45, 2.75) is 24.1 Å². The average Bonchev–Trinajstić information content (AvgIpc) is 3.30. The van der Waals surface area contributed by atoms with Gasteiger partial charge in [0.25, 0.3) is 11.8 Å². The molecule has 0 bridgehead atoms. The topological polar surface area (TPSA) is 80.8 Å². The van der Waals surface area contributed by atoms with Crippen LogP contribution in [-0.2, 0) is 4.79 Å². The second-order valence-corrected chi connectivity index (χ2v) is 7.83. The van der Waals surface area contributed by atoms with Crippen molar-refractivity contribution >= 4 is 23.2 Å². The number of methoxy groups -OCH3 is 2. The summed E-state index contributed by atoms with van der Waals surface area (Å²) in [5.74, 6) is 0.501. The number of halogens is 3. The molecule has 11 heteroatoms. The van der Waals surface area contributed by atoms with E-state index in [9.17, 15) is 22.8 Å². The molecule has 0 saturated carbocycles. The van der Waals surface area contributed by atoms with Crippen LogP contribution in [0.4, 0.5) is 13.2 Å². The molecule has 32 heavy (non-hydrogen) atoms. The van der Waals surface area contributed by atoms with E-state index < -0.39 is 36.0 Å². The van der Waals surface area contributed by atoms with Gasteiger partial charge in [-0.2, -0.15) is 13.2 Å². The van der Waals surface area contributed by atoms with Gasteiger partial charge in [0.1, 0.15) is 23.7 Å². The van der Waals surface area contributed by atoms with E-state index in [0.29, 0.717) is 22.0 Å². The number of hydrogen-bond acceptors (Lipinski definition) is 6. The standard InChI is InChI=1S/C21H20F3N3O4S/c1-4-20(26-18(28)17-10-32-12-25-17)16(5-6-27(19(20)29)11-21(22,23)24)13-7-14(30-2)9-15(8-13)31-3/h1,7-10,12,16H,5-6,11H2,2-3H3,(H,26,28)/t16-,20+/m1/s1. The van der Waals surface area contributed by atoms with Crippen LogP contribution in [0.15, 0.2) is 29.1 Å². The van der Waals surface area contributed by atoms with Crippen molar-refractivity contribution in [2.75, 3.05) is 27.3 Å². The first-order chi connectivity index (χ1) is 15.1. The first-order valence-electron chi connectivity index (χ1n) is 9.41. The third-order valence-electron chi connectivity index (χ3n) is 5.18. The number of benzene rings is 1. The van der Waals surface area contributed by atoms with E-state index in [0.717, 1.165) is 11.3 Å². The van der Waals surface area contributed by atoms with Gasteiger partial charge in [-0.3, -0.25) is 9.59 Å². The van der Waals surface area contributed by atoms with Gasteiger partial charge in [0.05, 0.1) is 19.7 Å². The van der Waals surface area contributed by atoms with Crippen LogP contribution >= 0.6 is 11.3 Å². The number of alkyl halides is 3. The first kappa shape index (κ1) is 23.4. The fraction of sp³-hybridized carbons (Fsp3) is 0.381. The SMILES string of the molecule is C#C[C@@]1(NC(=O)c2cscn2)C(=O)N(CC(F)(F)F)CC[C@@H]1c1cc(OC)cc(OC)c1. The summed E-state index contributed by atoms with van der Waals surface area (Å²) in [5.41, 5.74) is -0.160. The highest BCUT2D eigenvalue weighted by molar-refractivity contribution is 7.07. The molecule has 1 aromatic heterocycles. The van der Waals surface area contributed by atoms with Gasteiger partial charge in [-0.1, -0.05) is 5.92 Å². The molecule has 1 N–H and O–H groups in total. The Morgan fingerprint density at radius 1 is 1.34 bits per heavy atom. The maximum Gasteiger partial charge on any atom is 0.406 e. The molecule has 1 aliphatic rings. The number of carbonyl (C=O) groups excluding carboxylic acids is 2.